The van der Waals surface area contributed by atoms with Gasteiger partial charge in [0.1, 0.15) is 0 Å². The maximum Gasteiger partial charge on any atom is 0.490 e. The Hall–Kier alpha value is -4.08. The number of fused-ring (bicyclic) bond motifs is 1. The van der Waals surface area contributed by atoms with Crippen LogP contribution >= 0.6 is 0 Å². The number of H-pyrrole nitrogens is 1. The van der Waals surface area contributed by atoms with E-state index in [9.17, 15) is 18.0 Å². The Labute approximate surface area is 180 Å². The van der Waals surface area contributed by atoms with Gasteiger partial charge in [0, 0.05) is 41.8 Å². The molecule has 3 heterocycles. The Kier molecular flexibility index (Phi) is 6.62. The molecular weight excluding hydrogens is 425 g/mol. The Bertz CT molecular complexity index is 1170. The molecule has 1 aromatic carbocycles. The van der Waals surface area contributed by atoms with Gasteiger partial charge in [-0.05, 0) is 35.9 Å². The number of para-hydroxylation sites is 1. The molecule has 7 nitrogen and oxygen atoms in total. The summed E-state index contributed by atoms with van der Waals surface area (Å²) < 4.78 is 31.7. The molecule has 0 unspecified atom stereocenters. The molecule has 3 aromatic rings. The van der Waals surface area contributed by atoms with Gasteiger partial charge >= 0.3 is 12.1 Å². The molecular formula is C22H19F3N4O3. The number of aliphatic carboxylic acids is 1. The van der Waals surface area contributed by atoms with E-state index in [0.717, 1.165) is 45.9 Å². The average molecular weight is 444 g/mol. The fourth-order valence-corrected chi connectivity index (χ4v) is 2.99. The number of benzene rings is 1. The number of aromatic amines is 1. The van der Waals surface area contributed by atoms with Crippen LogP contribution in [0.3, 0.4) is 0 Å². The van der Waals surface area contributed by atoms with Gasteiger partial charge < -0.3 is 21.1 Å². The van der Waals surface area contributed by atoms with Crippen molar-refractivity contribution in [2.75, 3.05) is 12.3 Å². The minimum atomic E-state index is -5.08. The number of hydrogen-bond donors (Lipinski definition) is 4. The van der Waals surface area contributed by atoms with E-state index in [1.54, 1.807) is 6.20 Å². The zero-order valence-corrected chi connectivity index (χ0v) is 16.6. The predicted octanol–water partition coefficient (Wildman–Crippen LogP) is 3.75. The summed E-state index contributed by atoms with van der Waals surface area (Å²) in [4.78, 5) is 28.6. The molecule has 0 saturated carbocycles. The van der Waals surface area contributed by atoms with Crippen molar-refractivity contribution in [1.82, 2.24) is 15.3 Å². The fourth-order valence-electron chi connectivity index (χ4n) is 2.99. The molecule has 1 amide bonds. The second-order valence-corrected chi connectivity index (χ2v) is 6.82. The number of pyridine rings is 1. The zero-order valence-electron chi connectivity index (χ0n) is 16.6. The van der Waals surface area contributed by atoms with Crippen LogP contribution in [0.2, 0.25) is 0 Å². The highest BCUT2D eigenvalue weighted by Gasteiger charge is 2.38. The molecule has 2 aromatic heterocycles. The molecule has 0 fully saturated rings. The van der Waals surface area contributed by atoms with Crippen LogP contribution in [-0.2, 0) is 11.2 Å². The molecule has 0 aliphatic carbocycles. The summed E-state index contributed by atoms with van der Waals surface area (Å²) in [5.74, 6) is -2.77. The van der Waals surface area contributed by atoms with Crippen LogP contribution in [0.1, 0.15) is 27.3 Å². The number of anilines is 1. The van der Waals surface area contributed by atoms with E-state index >= 15 is 0 Å². The number of halogens is 3. The summed E-state index contributed by atoms with van der Waals surface area (Å²) in [6.45, 7) is 0.675. The second-order valence-electron chi connectivity index (χ2n) is 6.82. The summed E-state index contributed by atoms with van der Waals surface area (Å²) in [5, 5.41) is 9.99. The van der Waals surface area contributed by atoms with Crippen LogP contribution in [0.25, 0.3) is 23.4 Å². The first-order valence-electron chi connectivity index (χ1n) is 9.44. The Morgan fingerprint density at radius 1 is 1.16 bits per heavy atom. The van der Waals surface area contributed by atoms with Gasteiger partial charge in [0.2, 0.25) is 0 Å². The molecule has 166 valence electrons. The SMILES string of the molecule is Nc1ccccc1C=Cc1cc(-c2cc3c([nH]2)CCNC3=O)ccn1.O=C(O)C(F)(F)F. The van der Waals surface area contributed by atoms with E-state index in [4.69, 9.17) is 15.6 Å². The molecule has 0 atom stereocenters. The van der Waals surface area contributed by atoms with E-state index in [0.29, 0.717) is 6.54 Å². The summed E-state index contributed by atoms with van der Waals surface area (Å²) in [6, 6.07) is 13.5. The summed E-state index contributed by atoms with van der Waals surface area (Å²) in [6.07, 6.45) is 1.40. The van der Waals surface area contributed by atoms with Gasteiger partial charge in [-0.3, -0.25) is 9.78 Å². The van der Waals surface area contributed by atoms with Gasteiger partial charge in [0.15, 0.2) is 0 Å². The van der Waals surface area contributed by atoms with Crippen molar-refractivity contribution in [3.63, 3.8) is 0 Å². The van der Waals surface area contributed by atoms with Gasteiger partial charge in [0.25, 0.3) is 5.91 Å². The Balaban J connectivity index is 0.000000360. The van der Waals surface area contributed by atoms with Crippen molar-refractivity contribution in [1.29, 1.82) is 0 Å². The van der Waals surface area contributed by atoms with Crippen molar-refractivity contribution in [3.05, 3.63) is 71.2 Å². The lowest BCUT2D eigenvalue weighted by Crippen LogP contribution is -2.31. The lowest BCUT2D eigenvalue weighted by molar-refractivity contribution is -0.192. The predicted molar refractivity (Wildman–Crippen MR) is 114 cm³/mol. The van der Waals surface area contributed by atoms with Crippen LogP contribution < -0.4 is 11.1 Å². The number of nitrogens with one attached hydrogen (secondary N) is 2. The standard InChI is InChI=1S/C20H18N4O.C2HF3O2/c21-17-4-2-1-3-13(17)5-6-15-11-14(7-9-22-15)19-12-16-18(24-19)8-10-23-20(16)25;3-2(4,5)1(6)7/h1-7,9,11-12,24H,8,10,21H2,(H,23,25);(H,6,7). The van der Waals surface area contributed by atoms with Crippen molar-refractivity contribution in [2.24, 2.45) is 0 Å². The smallest absolute Gasteiger partial charge is 0.475 e. The molecule has 32 heavy (non-hydrogen) atoms. The van der Waals surface area contributed by atoms with Crippen LogP contribution in [0.15, 0.2) is 48.7 Å². The number of amides is 1. The van der Waals surface area contributed by atoms with E-state index < -0.39 is 12.1 Å². The molecule has 0 bridgehead atoms. The number of nitrogen functional groups attached to an aromatic ring is 1. The number of hydrogen-bond acceptors (Lipinski definition) is 4. The number of alkyl halides is 3. The number of nitrogens with two attached hydrogens (primary N) is 1. The van der Waals surface area contributed by atoms with Crippen molar-refractivity contribution in [2.45, 2.75) is 12.6 Å². The van der Waals surface area contributed by atoms with Crippen molar-refractivity contribution < 1.29 is 27.9 Å². The lowest BCUT2D eigenvalue weighted by Gasteiger charge is -2.10. The molecule has 4 rings (SSSR count). The summed E-state index contributed by atoms with van der Waals surface area (Å²) in [5.41, 5.74) is 12.1. The zero-order chi connectivity index (χ0) is 23.3. The normalized spacial score (nSPS) is 13.2. The number of rotatable bonds is 3. The molecule has 1 aliphatic heterocycles. The van der Waals surface area contributed by atoms with Gasteiger partial charge in [-0.15, -0.1) is 0 Å². The number of nitrogens with zero attached hydrogens (tertiary/aromatic N) is 1. The molecule has 1 aliphatic rings. The van der Waals surface area contributed by atoms with Gasteiger partial charge in [-0.2, -0.15) is 13.2 Å². The summed E-state index contributed by atoms with van der Waals surface area (Å²) in [7, 11) is 0. The van der Waals surface area contributed by atoms with Gasteiger partial charge in [0.05, 0.1) is 11.3 Å². The summed E-state index contributed by atoms with van der Waals surface area (Å²) >= 11 is 0. The number of carboxylic acids is 1. The molecule has 0 spiro atoms. The van der Waals surface area contributed by atoms with Crippen molar-refractivity contribution >= 4 is 29.7 Å². The van der Waals surface area contributed by atoms with Gasteiger partial charge in [-0.1, -0.05) is 24.3 Å². The Morgan fingerprint density at radius 2 is 1.88 bits per heavy atom. The molecule has 5 N–H and O–H groups in total. The second kappa shape index (κ2) is 9.38. The third-order valence-corrected chi connectivity index (χ3v) is 4.57. The topological polar surface area (TPSA) is 121 Å². The van der Waals surface area contributed by atoms with Crippen LogP contribution in [0, 0.1) is 0 Å². The van der Waals surface area contributed by atoms with E-state index in [-0.39, 0.29) is 5.91 Å². The minimum Gasteiger partial charge on any atom is -0.475 e. The van der Waals surface area contributed by atoms with Crippen molar-refractivity contribution in [3.8, 4) is 11.3 Å². The van der Waals surface area contributed by atoms with E-state index in [2.05, 4.69) is 15.3 Å². The first-order valence-corrected chi connectivity index (χ1v) is 9.44. The average Bonchev–Trinajstić information content (AvgIpc) is 3.19. The maximum atomic E-state index is 11.9. The number of carbonyl (C=O) groups is 2. The van der Waals surface area contributed by atoms with Crippen LogP contribution in [0.5, 0.6) is 0 Å². The third kappa shape index (κ3) is 5.54. The maximum absolute atomic E-state index is 11.9. The largest absolute Gasteiger partial charge is 0.490 e. The minimum absolute atomic E-state index is 0.0162. The third-order valence-electron chi connectivity index (χ3n) is 4.57. The number of carbonyl (C=O) groups excluding carboxylic acids is 1. The quantitative estimate of drug-likeness (QED) is 0.459. The fraction of sp³-hybridized carbons (Fsp3) is 0.136. The molecule has 0 radical (unpaired) electrons. The highest BCUT2D eigenvalue weighted by Crippen LogP contribution is 2.25. The first-order chi connectivity index (χ1) is 15.1. The van der Waals surface area contributed by atoms with Crippen LogP contribution in [0.4, 0.5) is 18.9 Å². The number of aromatic nitrogens is 2. The Morgan fingerprint density at radius 3 is 2.53 bits per heavy atom. The highest BCUT2D eigenvalue weighted by atomic mass is 19.4. The van der Waals surface area contributed by atoms with Gasteiger partial charge in [-0.25, -0.2) is 4.79 Å². The van der Waals surface area contributed by atoms with Crippen LogP contribution in [-0.4, -0.2) is 39.7 Å². The highest BCUT2D eigenvalue weighted by molar-refractivity contribution is 5.97. The molecule has 10 heteroatoms. The van der Waals surface area contributed by atoms with E-state index in [1.165, 1.54) is 0 Å². The molecule has 0 saturated heterocycles. The number of carboxylic acid groups (broad SMARTS) is 1. The van der Waals surface area contributed by atoms with E-state index in [1.807, 2.05) is 54.6 Å². The monoisotopic (exact) mass is 444 g/mol. The first kappa shape index (κ1) is 22.6. The lowest BCUT2D eigenvalue weighted by atomic mass is 10.1.